The first-order valence-electron chi connectivity index (χ1n) is 13.1. The molecule has 3 amide bonds. The van der Waals surface area contributed by atoms with E-state index in [4.69, 9.17) is 17.3 Å². The Hall–Kier alpha value is -4.08. The number of amides is 3. The minimum atomic E-state index is -0.951. The molecule has 2 aromatic carbocycles. The molecule has 0 fully saturated rings. The van der Waals surface area contributed by atoms with Crippen molar-refractivity contribution in [3.63, 3.8) is 0 Å². The van der Waals surface area contributed by atoms with E-state index in [1.165, 1.54) is 11.0 Å². The van der Waals surface area contributed by atoms with Gasteiger partial charge in [0.1, 0.15) is 17.9 Å². The van der Waals surface area contributed by atoms with Crippen LogP contribution in [-0.4, -0.2) is 52.0 Å². The van der Waals surface area contributed by atoms with Crippen LogP contribution in [-0.2, 0) is 27.3 Å². The summed E-state index contributed by atoms with van der Waals surface area (Å²) >= 11 is 6.15. The average molecular weight is 562 g/mol. The van der Waals surface area contributed by atoms with Crippen molar-refractivity contribution in [2.45, 2.75) is 51.2 Å². The number of nitrogens with two attached hydrogens (primary N) is 1. The van der Waals surface area contributed by atoms with Crippen molar-refractivity contribution >= 4 is 40.9 Å². The summed E-state index contributed by atoms with van der Waals surface area (Å²) in [6.45, 7) is 2.18. The summed E-state index contributed by atoms with van der Waals surface area (Å²) in [6.07, 6.45) is 2.00. The van der Waals surface area contributed by atoms with Crippen molar-refractivity contribution in [3.8, 4) is 0 Å². The lowest BCUT2D eigenvalue weighted by Crippen LogP contribution is -2.56. The number of benzene rings is 2. The van der Waals surface area contributed by atoms with Gasteiger partial charge in [0.2, 0.25) is 17.7 Å². The molecule has 0 saturated heterocycles. The summed E-state index contributed by atoms with van der Waals surface area (Å²) in [7, 11) is 0. The van der Waals surface area contributed by atoms with E-state index in [1.54, 1.807) is 37.4 Å². The highest BCUT2D eigenvalue weighted by Gasteiger charge is 2.36. The molecule has 2 atom stereocenters. The molecular weight excluding hydrogens is 530 g/mol. The molecular formula is C30H32ClN5O4. The van der Waals surface area contributed by atoms with Crippen molar-refractivity contribution in [2.24, 2.45) is 5.73 Å². The molecule has 1 aromatic heterocycles. The highest BCUT2D eigenvalue weighted by Crippen LogP contribution is 2.25. The van der Waals surface area contributed by atoms with Gasteiger partial charge >= 0.3 is 0 Å². The number of halogens is 1. The predicted octanol–water partition coefficient (Wildman–Crippen LogP) is 3.43. The van der Waals surface area contributed by atoms with Crippen LogP contribution >= 0.6 is 11.6 Å². The molecule has 0 aliphatic carbocycles. The van der Waals surface area contributed by atoms with Gasteiger partial charge in [-0.1, -0.05) is 66.2 Å². The van der Waals surface area contributed by atoms with Gasteiger partial charge in [-0.2, -0.15) is 0 Å². The van der Waals surface area contributed by atoms with Crippen LogP contribution in [0.1, 0.15) is 46.3 Å². The number of carbonyl (C=O) groups is 4. The lowest BCUT2D eigenvalue weighted by molar-refractivity contribution is -0.142. The lowest BCUT2D eigenvalue weighted by Gasteiger charge is -2.36. The Bertz CT molecular complexity index is 1400. The van der Waals surface area contributed by atoms with Gasteiger partial charge in [-0.05, 0) is 42.6 Å². The van der Waals surface area contributed by atoms with Gasteiger partial charge in [-0.15, -0.1) is 0 Å². The second-order valence-corrected chi connectivity index (χ2v) is 10.2. The minimum Gasteiger partial charge on any atom is -0.342 e. The third-order valence-corrected chi connectivity index (χ3v) is 7.32. The van der Waals surface area contributed by atoms with E-state index in [0.29, 0.717) is 10.6 Å². The molecule has 0 unspecified atom stereocenters. The Morgan fingerprint density at radius 1 is 1.05 bits per heavy atom. The first-order valence-corrected chi connectivity index (χ1v) is 13.5. The summed E-state index contributed by atoms with van der Waals surface area (Å²) in [5.41, 5.74) is 8.94. The fraction of sp³-hybridized carbons (Fsp3) is 0.300. The van der Waals surface area contributed by atoms with Crippen LogP contribution in [0.5, 0.6) is 0 Å². The number of nitrogens with zero attached hydrogens (tertiary/aromatic N) is 2. The number of aromatic nitrogens is 1. The maximum Gasteiger partial charge on any atom is 0.248 e. The summed E-state index contributed by atoms with van der Waals surface area (Å²) in [5, 5.41) is 5.92. The maximum atomic E-state index is 13.6. The van der Waals surface area contributed by atoms with Crippen molar-refractivity contribution in [1.29, 1.82) is 0 Å². The van der Waals surface area contributed by atoms with Crippen molar-refractivity contribution in [2.75, 3.05) is 11.9 Å². The minimum absolute atomic E-state index is 0.0274. The zero-order valence-corrected chi connectivity index (χ0v) is 23.0. The number of rotatable bonds is 10. The normalized spacial score (nSPS) is 15.1. The van der Waals surface area contributed by atoms with Crippen LogP contribution in [0.15, 0.2) is 66.9 Å². The molecule has 3 aromatic rings. The smallest absolute Gasteiger partial charge is 0.248 e. The number of ketones is 1. The molecule has 9 nitrogen and oxygen atoms in total. The third kappa shape index (κ3) is 7.11. The van der Waals surface area contributed by atoms with Gasteiger partial charge in [0.05, 0.1) is 0 Å². The van der Waals surface area contributed by atoms with Crippen molar-refractivity contribution in [1.82, 2.24) is 15.2 Å². The van der Waals surface area contributed by atoms with E-state index in [2.05, 4.69) is 15.6 Å². The molecule has 2 heterocycles. The zero-order chi connectivity index (χ0) is 28.6. The van der Waals surface area contributed by atoms with Gasteiger partial charge in [0, 0.05) is 42.6 Å². The monoisotopic (exact) mass is 561 g/mol. The van der Waals surface area contributed by atoms with Crippen LogP contribution in [0, 0.1) is 6.92 Å². The first kappa shape index (κ1) is 28.9. The van der Waals surface area contributed by atoms with Gasteiger partial charge in [0.25, 0.3) is 0 Å². The van der Waals surface area contributed by atoms with E-state index < -0.39 is 23.9 Å². The van der Waals surface area contributed by atoms with E-state index in [9.17, 15) is 19.2 Å². The zero-order valence-electron chi connectivity index (χ0n) is 22.2. The number of Topliss-reactive ketones (excluding diaryl/α,β-unsaturated/α-hetero) is 1. The number of aryl methyl sites for hydroxylation is 1. The maximum absolute atomic E-state index is 13.6. The summed E-state index contributed by atoms with van der Waals surface area (Å²) in [6, 6.07) is 16.1. The van der Waals surface area contributed by atoms with Crippen LogP contribution in [0.4, 0.5) is 5.82 Å². The summed E-state index contributed by atoms with van der Waals surface area (Å²) in [4.78, 5) is 58.3. The second-order valence-electron chi connectivity index (χ2n) is 9.75. The topological polar surface area (TPSA) is 134 Å². The van der Waals surface area contributed by atoms with Crippen LogP contribution < -0.4 is 16.4 Å². The van der Waals surface area contributed by atoms with Crippen molar-refractivity contribution in [3.05, 3.63) is 94.1 Å². The standard InChI is InChI=1S/C30H32ClN5O4/c1-19-17-33-27(16-23(19)31)35-29(39)24(13-14-32)34-30(40)25-15-21-9-5-6-10-22(21)18-36(25)28(38)12-11-26(37)20-7-3-2-4-8-20/h2-10,16-17,24-25H,11-15,18,32H2,1H3,(H,34,40)(H,33,35,39)/t24-,25-/m0/s1. The molecule has 40 heavy (non-hydrogen) atoms. The Morgan fingerprint density at radius 2 is 1.75 bits per heavy atom. The number of fused-ring (bicyclic) bond motifs is 1. The molecule has 10 heteroatoms. The SMILES string of the molecule is Cc1cnc(NC(=O)[C@H](CCN)NC(=O)[C@@H]2Cc3ccccc3CN2C(=O)CCC(=O)c2ccccc2)cc1Cl. The number of carbonyl (C=O) groups excluding carboxylic acids is 4. The molecule has 0 radical (unpaired) electrons. The molecule has 0 bridgehead atoms. The number of hydrogen-bond acceptors (Lipinski definition) is 6. The molecule has 208 valence electrons. The number of anilines is 1. The van der Waals surface area contributed by atoms with E-state index in [0.717, 1.165) is 16.7 Å². The summed E-state index contributed by atoms with van der Waals surface area (Å²) in [5.74, 6) is -1.16. The molecule has 1 aliphatic heterocycles. The van der Waals surface area contributed by atoms with E-state index in [-0.39, 0.29) is 56.3 Å². The van der Waals surface area contributed by atoms with E-state index >= 15 is 0 Å². The third-order valence-electron chi connectivity index (χ3n) is 6.91. The van der Waals surface area contributed by atoms with Crippen LogP contribution in [0.3, 0.4) is 0 Å². The molecule has 1 aliphatic rings. The Balaban J connectivity index is 1.49. The molecule has 4 N–H and O–H groups in total. The number of nitrogens with one attached hydrogen (secondary N) is 2. The fourth-order valence-electron chi connectivity index (χ4n) is 4.64. The van der Waals surface area contributed by atoms with Gasteiger partial charge in [-0.25, -0.2) is 4.98 Å². The molecule has 0 saturated carbocycles. The highest BCUT2D eigenvalue weighted by atomic mass is 35.5. The van der Waals surface area contributed by atoms with Gasteiger partial charge in [-0.3, -0.25) is 19.2 Å². The van der Waals surface area contributed by atoms with E-state index in [1.807, 2.05) is 30.3 Å². The average Bonchev–Trinajstić information content (AvgIpc) is 2.97. The Kier molecular flexibility index (Phi) is 9.63. The van der Waals surface area contributed by atoms with Crippen molar-refractivity contribution < 1.29 is 19.2 Å². The Labute approximate surface area is 238 Å². The molecule has 4 rings (SSSR count). The van der Waals surface area contributed by atoms with Gasteiger partial charge in [0.15, 0.2) is 5.78 Å². The Morgan fingerprint density at radius 3 is 2.45 bits per heavy atom. The predicted molar refractivity (Wildman–Crippen MR) is 153 cm³/mol. The number of pyridine rings is 1. The second kappa shape index (κ2) is 13.3. The largest absolute Gasteiger partial charge is 0.342 e. The van der Waals surface area contributed by atoms with Gasteiger partial charge < -0.3 is 21.3 Å². The highest BCUT2D eigenvalue weighted by molar-refractivity contribution is 6.31. The van der Waals surface area contributed by atoms with Crippen LogP contribution in [0.25, 0.3) is 0 Å². The fourth-order valence-corrected chi connectivity index (χ4v) is 4.79. The number of hydrogen-bond donors (Lipinski definition) is 3. The first-order chi connectivity index (χ1) is 19.3. The lowest BCUT2D eigenvalue weighted by atomic mass is 9.92. The quantitative estimate of drug-likeness (QED) is 0.325. The van der Waals surface area contributed by atoms with Crippen LogP contribution in [0.2, 0.25) is 5.02 Å². The summed E-state index contributed by atoms with van der Waals surface area (Å²) < 4.78 is 0. The molecule has 0 spiro atoms.